The number of halogens is 2. The minimum absolute atomic E-state index is 0.0468. The van der Waals surface area contributed by atoms with Gasteiger partial charge in [-0.2, -0.15) is 4.31 Å². The molecule has 1 heterocycles. The maximum atomic E-state index is 13.1. The molecular weight excluding hydrogens is 435 g/mol. The van der Waals surface area contributed by atoms with Crippen LogP contribution in [-0.4, -0.2) is 38.3 Å². The maximum absolute atomic E-state index is 13.1. The number of carbonyl (C=O) groups excluding carboxylic acids is 1. The van der Waals surface area contributed by atoms with Crippen LogP contribution in [0.2, 0.25) is 10.0 Å². The van der Waals surface area contributed by atoms with Crippen LogP contribution in [0.4, 0.5) is 5.69 Å². The van der Waals surface area contributed by atoms with Gasteiger partial charge in [-0.1, -0.05) is 35.3 Å². The van der Waals surface area contributed by atoms with Crippen molar-refractivity contribution in [1.82, 2.24) is 4.31 Å². The highest BCUT2D eigenvalue weighted by Gasteiger charge is 2.34. The Balaban J connectivity index is 1.77. The molecule has 2 aromatic rings. The van der Waals surface area contributed by atoms with E-state index >= 15 is 0 Å². The van der Waals surface area contributed by atoms with Crippen molar-refractivity contribution in [2.24, 2.45) is 5.92 Å². The highest BCUT2D eigenvalue weighted by atomic mass is 35.5. The molecule has 0 aromatic heterocycles. The number of hydrogen-bond acceptors (Lipinski definition) is 4. The summed E-state index contributed by atoms with van der Waals surface area (Å²) in [6, 6.07) is 11.5. The third-order valence-corrected chi connectivity index (χ3v) is 7.29. The minimum atomic E-state index is -3.86. The Bertz CT molecular complexity index is 998. The second-order valence-corrected chi connectivity index (χ2v) is 9.45. The Morgan fingerprint density at radius 1 is 1.24 bits per heavy atom. The van der Waals surface area contributed by atoms with Crippen LogP contribution in [0.25, 0.3) is 0 Å². The van der Waals surface area contributed by atoms with Crippen molar-refractivity contribution >= 4 is 44.8 Å². The Labute approximate surface area is 180 Å². The molecular formula is C20H22Cl2N2O4S. The number of benzene rings is 2. The quantitative estimate of drug-likeness (QED) is 0.697. The van der Waals surface area contributed by atoms with E-state index in [1.165, 1.54) is 22.5 Å². The fourth-order valence-electron chi connectivity index (χ4n) is 3.27. The average Bonchev–Trinajstić information content (AvgIpc) is 2.71. The van der Waals surface area contributed by atoms with Gasteiger partial charge in [0.25, 0.3) is 0 Å². The number of carbonyl (C=O) groups is 1. The van der Waals surface area contributed by atoms with Crippen molar-refractivity contribution in [3.8, 4) is 5.75 Å². The van der Waals surface area contributed by atoms with E-state index in [2.05, 4.69) is 5.32 Å². The molecule has 1 atom stereocenters. The lowest BCUT2D eigenvalue weighted by Gasteiger charge is -2.31. The molecule has 0 bridgehead atoms. The summed E-state index contributed by atoms with van der Waals surface area (Å²) in [6.07, 6.45) is 1.17. The Kier molecular flexibility index (Phi) is 7.05. The van der Waals surface area contributed by atoms with Crippen molar-refractivity contribution in [2.75, 3.05) is 25.0 Å². The van der Waals surface area contributed by atoms with Crippen LogP contribution in [0.5, 0.6) is 5.75 Å². The SMILES string of the molecule is CCOc1ccccc1NC(=O)[C@@H]1CCCN(S(=O)(=O)c2cc(Cl)ccc2Cl)C1. The second kappa shape index (κ2) is 9.34. The largest absolute Gasteiger partial charge is 0.492 e. The molecule has 1 aliphatic rings. The van der Waals surface area contributed by atoms with Gasteiger partial charge in [0.1, 0.15) is 10.6 Å². The fourth-order valence-corrected chi connectivity index (χ4v) is 5.54. The van der Waals surface area contributed by atoms with Gasteiger partial charge < -0.3 is 10.1 Å². The van der Waals surface area contributed by atoms with E-state index in [0.29, 0.717) is 37.4 Å². The van der Waals surface area contributed by atoms with Gasteiger partial charge in [-0.15, -0.1) is 0 Å². The molecule has 1 aliphatic heterocycles. The van der Waals surface area contributed by atoms with Gasteiger partial charge in [0, 0.05) is 18.1 Å². The summed E-state index contributed by atoms with van der Waals surface area (Å²) in [5, 5.41) is 3.25. The molecule has 6 nitrogen and oxygen atoms in total. The third kappa shape index (κ3) is 5.04. The van der Waals surface area contributed by atoms with Crippen LogP contribution in [0.1, 0.15) is 19.8 Å². The summed E-state index contributed by atoms with van der Waals surface area (Å²) in [5.74, 6) is -0.144. The summed E-state index contributed by atoms with van der Waals surface area (Å²) in [7, 11) is -3.86. The Morgan fingerprint density at radius 2 is 2.00 bits per heavy atom. The number of sulfonamides is 1. The molecule has 1 saturated heterocycles. The summed E-state index contributed by atoms with van der Waals surface area (Å²) < 4.78 is 32.9. The first-order chi connectivity index (χ1) is 13.8. The molecule has 9 heteroatoms. The van der Waals surface area contributed by atoms with Crippen molar-refractivity contribution in [1.29, 1.82) is 0 Å². The molecule has 1 N–H and O–H groups in total. The van der Waals surface area contributed by atoms with Crippen LogP contribution >= 0.6 is 23.2 Å². The van der Waals surface area contributed by atoms with Crippen molar-refractivity contribution in [3.05, 3.63) is 52.5 Å². The van der Waals surface area contributed by atoms with Crippen LogP contribution < -0.4 is 10.1 Å². The molecule has 29 heavy (non-hydrogen) atoms. The smallest absolute Gasteiger partial charge is 0.244 e. The minimum Gasteiger partial charge on any atom is -0.492 e. The number of amides is 1. The number of nitrogens with zero attached hydrogens (tertiary/aromatic N) is 1. The maximum Gasteiger partial charge on any atom is 0.244 e. The van der Waals surface area contributed by atoms with Gasteiger partial charge in [0.15, 0.2) is 0 Å². The number of para-hydroxylation sites is 2. The predicted octanol–water partition coefficient (Wildman–Crippen LogP) is 4.43. The van der Waals surface area contributed by atoms with Crippen LogP contribution in [0, 0.1) is 5.92 Å². The van der Waals surface area contributed by atoms with Gasteiger partial charge in [0.05, 0.1) is 23.2 Å². The molecule has 0 unspecified atom stereocenters. The van der Waals surface area contributed by atoms with E-state index in [9.17, 15) is 13.2 Å². The van der Waals surface area contributed by atoms with Crippen LogP contribution in [0.15, 0.2) is 47.4 Å². The number of rotatable bonds is 6. The topological polar surface area (TPSA) is 75.7 Å². The molecule has 0 spiro atoms. The first-order valence-electron chi connectivity index (χ1n) is 9.31. The van der Waals surface area contributed by atoms with E-state index < -0.39 is 15.9 Å². The van der Waals surface area contributed by atoms with E-state index in [1.807, 2.05) is 13.0 Å². The van der Waals surface area contributed by atoms with Crippen LogP contribution in [0.3, 0.4) is 0 Å². The molecule has 0 radical (unpaired) electrons. The first-order valence-corrected chi connectivity index (χ1v) is 11.5. The molecule has 1 fully saturated rings. The van der Waals surface area contributed by atoms with Gasteiger partial charge >= 0.3 is 0 Å². The molecule has 2 aromatic carbocycles. The highest BCUT2D eigenvalue weighted by molar-refractivity contribution is 7.89. The summed E-state index contributed by atoms with van der Waals surface area (Å²) >= 11 is 12.0. The zero-order chi connectivity index (χ0) is 21.0. The molecule has 3 rings (SSSR count). The number of ether oxygens (including phenoxy) is 1. The lowest BCUT2D eigenvalue weighted by atomic mass is 9.98. The van der Waals surface area contributed by atoms with E-state index in [4.69, 9.17) is 27.9 Å². The van der Waals surface area contributed by atoms with Gasteiger partial charge in [0.2, 0.25) is 15.9 Å². The summed E-state index contributed by atoms with van der Waals surface area (Å²) in [4.78, 5) is 12.8. The second-order valence-electron chi connectivity index (χ2n) is 6.70. The fraction of sp³-hybridized carbons (Fsp3) is 0.350. The zero-order valence-electron chi connectivity index (χ0n) is 15.9. The van der Waals surface area contributed by atoms with Gasteiger partial charge in [-0.05, 0) is 50.1 Å². The van der Waals surface area contributed by atoms with Gasteiger partial charge in [-0.3, -0.25) is 4.79 Å². The average molecular weight is 457 g/mol. The summed E-state index contributed by atoms with van der Waals surface area (Å²) in [5.41, 5.74) is 0.567. The van der Waals surface area contributed by atoms with Crippen molar-refractivity contribution in [3.63, 3.8) is 0 Å². The predicted molar refractivity (Wildman–Crippen MR) is 114 cm³/mol. The number of hydrogen-bond donors (Lipinski definition) is 1. The molecule has 0 saturated carbocycles. The number of anilines is 1. The van der Waals surface area contributed by atoms with E-state index in [-0.39, 0.29) is 27.4 Å². The Morgan fingerprint density at radius 3 is 2.76 bits per heavy atom. The first kappa shape index (κ1) is 21.9. The van der Waals surface area contributed by atoms with Crippen molar-refractivity contribution in [2.45, 2.75) is 24.7 Å². The molecule has 1 amide bonds. The molecule has 156 valence electrons. The highest BCUT2D eigenvalue weighted by Crippen LogP contribution is 2.31. The number of nitrogens with one attached hydrogen (secondary N) is 1. The normalized spacial score (nSPS) is 17.7. The molecule has 0 aliphatic carbocycles. The third-order valence-electron chi connectivity index (χ3n) is 4.71. The lowest BCUT2D eigenvalue weighted by Crippen LogP contribution is -2.43. The number of piperidine rings is 1. The van der Waals surface area contributed by atoms with Gasteiger partial charge in [-0.25, -0.2) is 8.42 Å². The monoisotopic (exact) mass is 456 g/mol. The van der Waals surface area contributed by atoms with E-state index in [1.54, 1.807) is 18.2 Å². The lowest BCUT2D eigenvalue weighted by molar-refractivity contribution is -0.120. The van der Waals surface area contributed by atoms with E-state index in [0.717, 1.165) is 0 Å². The van der Waals surface area contributed by atoms with Crippen LogP contribution in [-0.2, 0) is 14.8 Å². The zero-order valence-corrected chi connectivity index (χ0v) is 18.2. The van der Waals surface area contributed by atoms with Crippen molar-refractivity contribution < 1.29 is 17.9 Å². The Hall–Kier alpha value is -1.80. The summed E-state index contributed by atoms with van der Waals surface area (Å²) in [6.45, 7) is 2.74. The standard InChI is InChI=1S/C20H22Cl2N2O4S/c1-2-28-18-8-4-3-7-17(18)23-20(25)14-6-5-11-24(13-14)29(26,27)19-12-15(21)9-10-16(19)22/h3-4,7-10,12,14H,2,5-6,11,13H2,1H3,(H,23,25)/t14-/m1/s1.